The SMILES string of the molecule is C/C=C\C/C=C\CCC(O)CN(CCN(C)CCN(CC(O)CC/C=C\C/C=C\C)CC(O)CC/C=C\C/C=C\C)CC(O)CC/C=C\C/C=C\C. The predicted molar refractivity (Wildman–Crippen MR) is 226 cm³/mol. The molecule has 298 valence electrons. The van der Waals surface area contributed by atoms with E-state index in [1.807, 2.05) is 52.0 Å². The lowest BCUT2D eigenvalue weighted by atomic mass is 10.1. The molecule has 4 N–H and O–H groups in total. The van der Waals surface area contributed by atoms with Crippen LogP contribution >= 0.6 is 0 Å². The fourth-order valence-electron chi connectivity index (χ4n) is 5.68. The summed E-state index contributed by atoms with van der Waals surface area (Å²) < 4.78 is 0. The van der Waals surface area contributed by atoms with E-state index in [-0.39, 0.29) is 0 Å². The van der Waals surface area contributed by atoms with Crippen LogP contribution in [-0.4, -0.2) is 119 Å². The van der Waals surface area contributed by atoms with Gasteiger partial charge in [-0.05, 0) is 112 Å². The molecular weight excluding hydrogens is 647 g/mol. The molecule has 0 aromatic carbocycles. The second kappa shape index (κ2) is 37.0. The van der Waals surface area contributed by atoms with Crippen molar-refractivity contribution in [3.63, 3.8) is 0 Å². The Balaban J connectivity index is 5.28. The molecule has 7 nitrogen and oxygen atoms in total. The summed E-state index contributed by atoms with van der Waals surface area (Å²) in [6.45, 7) is 13.3. The van der Waals surface area contributed by atoms with Gasteiger partial charge in [0.05, 0.1) is 24.4 Å². The molecule has 0 saturated heterocycles. The van der Waals surface area contributed by atoms with Crippen LogP contribution in [0.3, 0.4) is 0 Å². The standard InChI is InChI=1S/C45H79N3O4/c1-6-10-14-18-22-26-30-42(49)38-47(39-43(50)31-27-23-19-15-11-7-2)36-34-46(5)35-37-48(40-44(51)32-28-24-20-16-12-8-3)41-45(52)33-29-25-21-17-13-9-4/h6-13,18-25,42-45,49-52H,14-17,26-41H2,1-5H3/b10-6-,11-7-,12-8-,13-9-,22-18-,23-19-,24-20-,25-21-. The minimum atomic E-state index is -0.459. The fourth-order valence-corrected chi connectivity index (χ4v) is 5.68. The molecule has 0 aliphatic rings. The maximum Gasteiger partial charge on any atom is 0.0670 e. The number of likely N-dealkylation sites (N-methyl/N-ethyl adjacent to an activating group) is 1. The topological polar surface area (TPSA) is 90.6 Å². The zero-order valence-electron chi connectivity index (χ0n) is 33.8. The highest BCUT2D eigenvalue weighted by Gasteiger charge is 2.18. The van der Waals surface area contributed by atoms with Crippen molar-refractivity contribution in [1.82, 2.24) is 14.7 Å². The molecule has 0 spiro atoms. The van der Waals surface area contributed by atoms with E-state index < -0.39 is 24.4 Å². The van der Waals surface area contributed by atoms with Crippen LogP contribution in [-0.2, 0) is 0 Å². The number of hydrogen-bond donors (Lipinski definition) is 4. The van der Waals surface area contributed by atoms with Gasteiger partial charge in [0.15, 0.2) is 0 Å². The summed E-state index contributed by atoms with van der Waals surface area (Å²) in [5, 5.41) is 43.6. The summed E-state index contributed by atoms with van der Waals surface area (Å²) in [6, 6.07) is 0. The summed E-state index contributed by atoms with van der Waals surface area (Å²) >= 11 is 0. The van der Waals surface area contributed by atoms with Gasteiger partial charge in [0.2, 0.25) is 0 Å². The lowest BCUT2D eigenvalue weighted by Crippen LogP contribution is -2.44. The number of aliphatic hydroxyl groups is 4. The summed E-state index contributed by atoms with van der Waals surface area (Å²) in [5.41, 5.74) is 0. The quantitative estimate of drug-likeness (QED) is 0.0498. The molecule has 0 heterocycles. The maximum absolute atomic E-state index is 10.9. The van der Waals surface area contributed by atoms with Crippen LogP contribution in [0.4, 0.5) is 0 Å². The van der Waals surface area contributed by atoms with E-state index in [0.717, 1.165) is 77.5 Å². The van der Waals surface area contributed by atoms with Crippen molar-refractivity contribution >= 4 is 0 Å². The molecular formula is C45H79N3O4. The fraction of sp³-hybridized carbons (Fsp3) is 0.644. The first-order valence-electron chi connectivity index (χ1n) is 20.2. The predicted octanol–water partition coefficient (Wildman–Crippen LogP) is 8.18. The van der Waals surface area contributed by atoms with E-state index in [1.165, 1.54) is 0 Å². The van der Waals surface area contributed by atoms with E-state index in [4.69, 9.17) is 0 Å². The van der Waals surface area contributed by atoms with Gasteiger partial charge in [0.1, 0.15) is 0 Å². The van der Waals surface area contributed by atoms with Crippen molar-refractivity contribution < 1.29 is 20.4 Å². The second-order valence-electron chi connectivity index (χ2n) is 13.9. The molecule has 52 heavy (non-hydrogen) atoms. The minimum Gasteiger partial charge on any atom is -0.392 e. The summed E-state index contributed by atoms with van der Waals surface area (Å²) in [7, 11) is 2.10. The molecule has 0 bridgehead atoms. The number of hydrogen-bond acceptors (Lipinski definition) is 7. The van der Waals surface area contributed by atoms with Gasteiger partial charge in [0.25, 0.3) is 0 Å². The molecule has 0 amide bonds. The molecule has 0 radical (unpaired) electrons. The molecule has 0 aliphatic heterocycles. The Morgan fingerprint density at radius 1 is 0.365 bits per heavy atom. The van der Waals surface area contributed by atoms with Crippen LogP contribution in [0.25, 0.3) is 0 Å². The van der Waals surface area contributed by atoms with Crippen LogP contribution in [0.15, 0.2) is 97.2 Å². The number of rotatable bonds is 34. The van der Waals surface area contributed by atoms with Crippen molar-refractivity contribution in [2.75, 3.05) is 59.4 Å². The van der Waals surface area contributed by atoms with Crippen molar-refractivity contribution in [1.29, 1.82) is 0 Å². The third kappa shape index (κ3) is 33.5. The van der Waals surface area contributed by atoms with Gasteiger partial charge >= 0.3 is 0 Å². The molecule has 0 aromatic rings. The van der Waals surface area contributed by atoms with Gasteiger partial charge in [-0.2, -0.15) is 0 Å². The Morgan fingerprint density at radius 2 is 0.615 bits per heavy atom. The smallest absolute Gasteiger partial charge is 0.0670 e. The van der Waals surface area contributed by atoms with Crippen molar-refractivity contribution in [2.24, 2.45) is 0 Å². The van der Waals surface area contributed by atoms with Crippen molar-refractivity contribution in [3.8, 4) is 0 Å². The Hall–Kier alpha value is -2.36. The van der Waals surface area contributed by atoms with Crippen LogP contribution in [0.1, 0.15) is 105 Å². The monoisotopic (exact) mass is 726 g/mol. The number of nitrogens with zero attached hydrogens (tertiary/aromatic N) is 3. The highest BCUT2D eigenvalue weighted by molar-refractivity contribution is 4.94. The average Bonchev–Trinajstić information content (AvgIpc) is 3.12. The number of aliphatic hydroxyl groups excluding tert-OH is 4. The largest absolute Gasteiger partial charge is 0.392 e. The van der Waals surface area contributed by atoms with Gasteiger partial charge < -0.3 is 25.3 Å². The van der Waals surface area contributed by atoms with Crippen molar-refractivity contribution in [2.45, 2.75) is 129 Å². The summed E-state index contributed by atoms with van der Waals surface area (Å²) in [6.07, 6.45) is 41.7. The Morgan fingerprint density at radius 3 is 0.846 bits per heavy atom. The van der Waals surface area contributed by atoms with Crippen LogP contribution in [0, 0.1) is 0 Å². The highest BCUT2D eigenvalue weighted by Crippen LogP contribution is 2.09. The first-order valence-corrected chi connectivity index (χ1v) is 20.2. The second-order valence-corrected chi connectivity index (χ2v) is 13.9. The molecule has 0 aromatic heterocycles. The molecule has 0 fully saturated rings. The lowest BCUT2D eigenvalue weighted by molar-refractivity contribution is 0.0517. The minimum absolute atomic E-state index is 0.459. The third-order valence-corrected chi connectivity index (χ3v) is 8.84. The lowest BCUT2D eigenvalue weighted by Gasteiger charge is -2.31. The molecule has 4 atom stereocenters. The average molecular weight is 726 g/mol. The van der Waals surface area contributed by atoms with E-state index in [1.54, 1.807) is 0 Å². The van der Waals surface area contributed by atoms with E-state index in [0.29, 0.717) is 51.9 Å². The Labute approximate surface area is 320 Å². The molecule has 0 aliphatic carbocycles. The van der Waals surface area contributed by atoms with Crippen LogP contribution in [0.2, 0.25) is 0 Å². The van der Waals surface area contributed by atoms with E-state index >= 15 is 0 Å². The van der Waals surface area contributed by atoms with E-state index in [2.05, 4.69) is 94.7 Å². The number of allylic oxidation sites excluding steroid dienone is 16. The molecule has 7 heteroatoms. The van der Waals surface area contributed by atoms with Gasteiger partial charge in [-0.15, -0.1) is 0 Å². The molecule has 0 rings (SSSR count). The third-order valence-electron chi connectivity index (χ3n) is 8.84. The van der Waals surface area contributed by atoms with Crippen LogP contribution in [0.5, 0.6) is 0 Å². The summed E-state index contributed by atoms with van der Waals surface area (Å²) in [5.74, 6) is 0. The normalized spacial score (nSPS) is 15.8. The van der Waals surface area contributed by atoms with Crippen molar-refractivity contribution in [3.05, 3.63) is 97.2 Å². The maximum atomic E-state index is 10.9. The first kappa shape index (κ1) is 49.6. The zero-order valence-corrected chi connectivity index (χ0v) is 33.8. The molecule has 4 unspecified atom stereocenters. The first-order chi connectivity index (χ1) is 25.2. The van der Waals surface area contributed by atoms with Gasteiger partial charge in [0, 0.05) is 52.4 Å². The highest BCUT2D eigenvalue weighted by atomic mass is 16.3. The van der Waals surface area contributed by atoms with E-state index in [9.17, 15) is 20.4 Å². The van der Waals surface area contributed by atoms with Gasteiger partial charge in [-0.1, -0.05) is 97.2 Å². The Bertz CT molecular complexity index is 880. The van der Waals surface area contributed by atoms with Gasteiger partial charge in [-0.25, -0.2) is 0 Å². The summed E-state index contributed by atoms with van der Waals surface area (Å²) in [4.78, 5) is 6.69. The Kier molecular flexibility index (Phi) is 35.3. The zero-order chi connectivity index (χ0) is 38.5. The molecule has 0 saturated carbocycles. The van der Waals surface area contributed by atoms with Gasteiger partial charge in [-0.3, -0.25) is 9.80 Å². The van der Waals surface area contributed by atoms with Crippen LogP contribution < -0.4 is 0 Å².